The molecule has 1 atom stereocenters. The molecule has 3 nitrogen and oxygen atoms in total. The van der Waals surface area contributed by atoms with Crippen molar-refractivity contribution in [1.29, 1.82) is 0 Å². The van der Waals surface area contributed by atoms with E-state index in [1.807, 2.05) is 48.5 Å². The van der Waals surface area contributed by atoms with E-state index in [0.29, 0.717) is 6.61 Å². The summed E-state index contributed by atoms with van der Waals surface area (Å²) in [4.78, 5) is 12.4. The monoisotopic (exact) mass is 379 g/mol. The molecule has 1 heterocycles. The fraction of sp³-hybridized carbons (Fsp3) is 0.188. The summed E-state index contributed by atoms with van der Waals surface area (Å²) in [5.74, 6) is 0.837. The van der Waals surface area contributed by atoms with Crippen LogP contribution in [0.3, 0.4) is 0 Å². The van der Waals surface area contributed by atoms with Crippen LogP contribution in [0.15, 0.2) is 48.5 Å². The van der Waals surface area contributed by atoms with E-state index < -0.39 is 0 Å². The molecule has 0 bridgehead atoms. The molecule has 0 saturated heterocycles. The minimum Gasteiger partial charge on any atom is -0.493 e. The molecule has 0 spiro atoms. The molecule has 0 fully saturated rings. The Kier molecular flexibility index (Phi) is 3.91. The van der Waals surface area contributed by atoms with Gasteiger partial charge < -0.3 is 10.1 Å². The first kappa shape index (κ1) is 13.4. The van der Waals surface area contributed by atoms with Gasteiger partial charge in [-0.05, 0) is 40.8 Å². The Hall–Kier alpha value is -1.56. The van der Waals surface area contributed by atoms with Gasteiger partial charge in [0.15, 0.2) is 0 Å². The first-order chi connectivity index (χ1) is 9.75. The topological polar surface area (TPSA) is 38.3 Å². The number of benzene rings is 2. The third-order valence-electron chi connectivity index (χ3n) is 3.38. The predicted octanol–water partition coefficient (Wildman–Crippen LogP) is 3.54. The molecule has 20 heavy (non-hydrogen) atoms. The third kappa shape index (κ3) is 2.65. The van der Waals surface area contributed by atoms with Gasteiger partial charge in [0.2, 0.25) is 0 Å². The van der Waals surface area contributed by atoms with Gasteiger partial charge in [-0.3, -0.25) is 4.79 Å². The highest BCUT2D eigenvalue weighted by Crippen LogP contribution is 2.31. The Morgan fingerprint density at radius 1 is 1.15 bits per heavy atom. The summed E-state index contributed by atoms with van der Waals surface area (Å²) >= 11 is 2.18. The molecule has 4 heteroatoms. The van der Waals surface area contributed by atoms with Gasteiger partial charge in [-0.1, -0.05) is 30.3 Å². The van der Waals surface area contributed by atoms with Crippen molar-refractivity contribution in [1.82, 2.24) is 5.32 Å². The molecule has 102 valence electrons. The number of carbonyl (C=O) groups is 1. The van der Waals surface area contributed by atoms with Crippen molar-refractivity contribution in [3.05, 3.63) is 63.2 Å². The van der Waals surface area contributed by atoms with Crippen molar-refractivity contribution in [2.24, 2.45) is 0 Å². The number of hydrogen-bond acceptors (Lipinski definition) is 2. The summed E-state index contributed by atoms with van der Waals surface area (Å²) in [5.41, 5.74) is 1.77. The van der Waals surface area contributed by atoms with Crippen LogP contribution in [0.2, 0.25) is 0 Å². The summed E-state index contributed by atoms with van der Waals surface area (Å²) in [5, 5.41) is 3.11. The van der Waals surface area contributed by atoms with Gasteiger partial charge in [-0.25, -0.2) is 0 Å². The van der Waals surface area contributed by atoms with Gasteiger partial charge in [0.05, 0.1) is 18.2 Å². The van der Waals surface area contributed by atoms with Gasteiger partial charge in [-0.15, -0.1) is 0 Å². The number of hydrogen-bond donors (Lipinski definition) is 1. The molecule has 0 aliphatic carbocycles. The van der Waals surface area contributed by atoms with Crippen LogP contribution in [0, 0.1) is 3.57 Å². The number of fused-ring (bicyclic) bond motifs is 1. The zero-order valence-corrected chi connectivity index (χ0v) is 13.0. The van der Waals surface area contributed by atoms with Gasteiger partial charge >= 0.3 is 0 Å². The second-order valence-electron chi connectivity index (χ2n) is 4.68. The fourth-order valence-electron chi connectivity index (χ4n) is 2.37. The number of nitrogens with one attached hydrogen (secondary N) is 1. The van der Waals surface area contributed by atoms with E-state index in [4.69, 9.17) is 4.74 Å². The van der Waals surface area contributed by atoms with Crippen LogP contribution in [0.1, 0.15) is 28.4 Å². The van der Waals surface area contributed by atoms with E-state index in [0.717, 1.165) is 26.9 Å². The number of carbonyl (C=O) groups excluding carboxylic acids is 1. The molecule has 2 aromatic rings. The summed E-state index contributed by atoms with van der Waals surface area (Å²) in [7, 11) is 0. The molecular formula is C16H14INO2. The maximum absolute atomic E-state index is 12.4. The van der Waals surface area contributed by atoms with E-state index in [1.54, 1.807) is 0 Å². The number of para-hydroxylation sites is 1. The van der Waals surface area contributed by atoms with Crippen LogP contribution in [0.4, 0.5) is 0 Å². The molecule has 2 aromatic carbocycles. The van der Waals surface area contributed by atoms with E-state index >= 15 is 0 Å². The molecule has 1 aliphatic rings. The molecule has 0 unspecified atom stereocenters. The van der Waals surface area contributed by atoms with Gasteiger partial charge in [-0.2, -0.15) is 0 Å². The zero-order valence-electron chi connectivity index (χ0n) is 10.8. The minimum atomic E-state index is -0.0308. The first-order valence-corrected chi connectivity index (χ1v) is 7.60. The molecule has 1 aliphatic heterocycles. The maximum Gasteiger partial charge on any atom is 0.252 e. The molecule has 1 amide bonds. The van der Waals surface area contributed by atoms with E-state index in [2.05, 4.69) is 27.9 Å². The van der Waals surface area contributed by atoms with Crippen LogP contribution < -0.4 is 10.1 Å². The van der Waals surface area contributed by atoms with Crippen molar-refractivity contribution >= 4 is 28.5 Å². The molecular weight excluding hydrogens is 365 g/mol. The van der Waals surface area contributed by atoms with Crippen LogP contribution in [-0.4, -0.2) is 12.5 Å². The smallest absolute Gasteiger partial charge is 0.252 e. The fourth-order valence-corrected chi connectivity index (χ4v) is 3.01. The lowest BCUT2D eigenvalue weighted by atomic mass is 10.00. The number of halogens is 1. The van der Waals surface area contributed by atoms with E-state index in [1.165, 1.54) is 0 Å². The van der Waals surface area contributed by atoms with Crippen LogP contribution in [0.25, 0.3) is 0 Å². The zero-order chi connectivity index (χ0) is 13.9. The highest BCUT2D eigenvalue weighted by Gasteiger charge is 2.23. The maximum atomic E-state index is 12.4. The van der Waals surface area contributed by atoms with Gasteiger partial charge in [0.1, 0.15) is 5.75 Å². The first-order valence-electron chi connectivity index (χ1n) is 6.53. The van der Waals surface area contributed by atoms with Gasteiger partial charge in [0.25, 0.3) is 5.91 Å². The lowest BCUT2D eigenvalue weighted by Gasteiger charge is -2.26. The number of ether oxygens (including phenoxy) is 1. The lowest BCUT2D eigenvalue weighted by molar-refractivity contribution is 0.0924. The Bertz CT molecular complexity index is 642. The average molecular weight is 379 g/mol. The second-order valence-corrected chi connectivity index (χ2v) is 5.84. The molecule has 1 N–H and O–H groups in total. The summed E-state index contributed by atoms with van der Waals surface area (Å²) in [6.45, 7) is 0.633. The predicted molar refractivity (Wildman–Crippen MR) is 85.9 cm³/mol. The largest absolute Gasteiger partial charge is 0.493 e. The van der Waals surface area contributed by atoms with Gasteiger partial charge in [0, 0.05) is 15.6 Å². The third-order valence-corrected chi connectivity index (χ3v) is 4.32. The quantitative estimate of drug-likeness (QED) is 0.811. The number of rotatable bonds is 2. The summed E-state index contributed by atoms with van der Waals surface area (Å²) in [6.07, 6.45) is 0.798. The molecule has 0 radical (unpaired) electrons. The highest BCUT2D eigenvalue weighted by molar-refractivity contribution is 14.1. The van der Waals surface area contributed by atoms with Crippen molar-refractivity contribution in [3.8, 4) is 5.75 Å². The van der Waals surface area contributed by atoms with Crippen LogP contribution in [0.5, 0.6) is 5.75 Å². The molecule has 3 rings (SSSR count). The Morgan fingerprint density at radius 3 is 2.75 bits per heavy atom. The summed E-state index contributed by atoms with van der Waals surface area (Å²) in [6, 6.07) is 15.5. The SMILES string of the molecule is O=C(N[C@@H]1CCOc2ccccc21)c1ccccc1I. The van der Waals surface area contributed by atoms with Crippen molar-refractivity contribution in [2.45, 2.75) is 12.5 Å². The van der Waals surface area contributed by atoms with Crippen molar-refractivity contribution in [2.75, 3.05) is 6.61 Å². The standard InChI is InChI=1S/C16H14INO2/c17-13-7-3-1-5-11(13)16(19)18-14-9-10-20-15-8-4-2-6-12(14)15/h1-8,14H,9-10H2,(H,18,19)/t14-/m1/s1. The van der Waals surface area contributed by atoms with Crippen molar-refractivity contribution in [3.63, 3.8) is 0 Å². The van der Waals surface area contributed by atoms with E-state index in [9.17, 15) is 4.79 Å². The van der Waals surface area contributed by atoms with Crippen LogP contribution >= 0.6 is 22.6 Å². The molecule has 0 saturated carbocycles. The molecule has 0 aromatic heterocycles. The lowest BCUT2D eigenvalue weighted by Crippen LogP contribution is -2.32. The minimum absolute atomic E-state index is 0.0171. The second kappa shape index (κ2) is 5.83. The number of amides is 1. The Morgan fingerprint density at radius 2 is 1.90 bits per heavy atom. The van der Waals surface area contributed by atoms with Crippen molar-refractivity contribution < 1.29 is 9.53 Å². The Labute approximate surface area is 131 Å². The van der Waals surface area contributed by atoms with E-state index in [-0.39, 0.29) is 11.9 Å². The van der Waals surface area contributed by atoms with Crippen LogP contribution in [-0.2, 0) is 0 Å². The highest BCUT2D eigenvalue weighted by atomic mass is 127. The average Bonchev–Trinajstić information content (AvgIpc) is 2.48. The summed E-state index contributed by atoms with van der Waals surface area (Å²) < 4.78 is 6.57. The Balaban J connectivity index is 1.83. The normalized spacial score (nSPS) is 16.9.